The van der Waals surface area contributed by atoms with Crippen LogP contribution in [0.25, 0.3) is 0 Å². The predicted molar refractivity (Wildman–Crippen MR) is 175 cm³/mol. The second-order valence-corrected chi connectivity index (χ2v) is 16.4. The summed E-state index contributed by atoms with van der Waals surface area (Å²) in [6.45, 7) is 15.9. The molecule has 0 aliphatic carbocycles. The number of carbonyl (C=O) groups is 1. The van der Waals surface area contributed by atoms with Crippen molar-refractivity contribution in [1.29, 1.82) is 0 Å². The quantitative estimate of drug-likeness (QED) is 0.0411. The SMILES string of the molecule is CCCCCCCCCCCCCCCC(=O)OCCOCCOCCOCCOCCOCCOCCO[Si](C)(C)C. The fourth-order valence-electron chi connectivity index (χ4n) is 4.18. The van der Waals surface area contributed by atoms with Crippen LogP contribution in [-0.2, 0) is 42.4 Å². The van der Waals surface area contributed by atoms with Crippen LogP contribution in [0.4, 0.5) is 0 Å². The first-order chi connectivity index (χ1) is 21.0. The van der Waals surface area contributed by atoms with Crippen molar-refractivity contribution in [3.63, 3.8) is 0 Å². The summed E-state index contributed by atoms with van der Waals surface area (Å²) >= 11 is 0. The molecule has 0 bridgehead atoms. The van der Waals surface area contributed by atoms with Gasteiger partial charge < -0.3 is 37.6 Å². The lowest BCUT2D eigenvalue weighted by atomic mass is 10.0. The summed E-state index contributed by atoms with van der Waals surface area (Å²) in [7, 11) is -1.45. The predicted octanol–water partition coefficient (Wildman–Crippen LogP) is 6.96. The molecule has 258 valence electrons. The lowest BCUT2D eigenvalue weighted by Gasteiger charge is -2.16. The van der Waals surface area contributed by atoms with E-state index in [1.807, 2.05) is 0 Å². The molecule has 0 atom stereocenters. The summed E-state index contributed by atoms with van der Waals surface area (Å²) in [4.78, 5) is 11.8. The second kappa shape index (κ2) is 34.3. The Morgan fingerprint density at radius 1 is 0.419 bits per heavy atom. The first-order valence-electron chi connectivity index (χ1n) is 17.2. The molecule has 10 heteroatoms. The maximum absolute atomic E-state index is 11.8. The number of esters is 1. The van der Waals surface area contributed by atoms with E-state index in [4.69, 9.17) is 37.6 Å². The third-order valence-corrected chi connectivity index (χ3v) is 7.67. The van der Waals surface area contributed by atoms with E-state index in [1.54, 1.807) is 0 Å². The van der Waals surface area contributed by atoms with Crippen molar-refractivity contribution in [2.24, 2.45) is 0 Å². The Kier molecular flexibility index (Phi) is 33.8. The van der Waals surface area contributed by atoms with Gasteiger partial charge in [-0.15, -0.1) is 0 Å². The van der Waals surface area contributed by atoms with E-state index in [-0.39, 0.29) is 5.97 Å². The van der Waals surface area contributed by atoms with Gasteiger partial charge in [-0.05, 0) is 26.1 Å². The van der Waals surface area contributed by atoms with Crippen LogP contribution in [0.1, 0.15) is 96.8 Å². The van der Waals surface area contributed by atoms with E-state index in [0.717, 1.165) is 12.8 Å². The van der Waals surface area contributed by atoms with Crippen molar-refractivity contribution in [2.45, 2.75) is 116 Å². The molecule has 43 heavy (non-hydrogen) atoms. The average molecular weight is 637 g/mol. The summed E-state index contributed by atoms with van der Waals surface area (Å²) in [5.74, 6) is -0.124. The van der Waals surface area contributed by atoms with Crippen molar-refractivity contribution in [2.75, 3.05) is 92.5 Å². The first-order valence-corrected chi connectivity index (χ1v) is 20.6. The number of rotatable bonds is 36. The van der Waals surface area contributed by atoms with E-state index < -0.39 is 8.32 Å². The van der Waals surface area contributed by atoms with Gasteiger partial charge in [-0.1, -0.05) is 84.0 Å². The molecule has 0 spiro atoms. The number of hydrogen-bond donors (Lipinski definition) is 0. The van der Waals surface area contributed by atoms with Crippen LogP contribution in [0.2, 0.25) is 19.6 Å². The molecule has 0 heterocycles. The molecule has 0 radical (unpaired) electrons. The molecule has 0 unspecified atom stereocenters. The van der Waals surface area contributed by atoms with Gasteiger partial charge in [0.1, 0.15) is 6.61 Å². The number of carbonyl (C=O) groups excluding carboxylic acids is 1. The van der Waals surface area contributed by atoms with Crippen LogP contribution in [0.15, 0.2) is 0 Å². The van der Waals surface area contributed by atoms with Crippen LogP contribution >= 0.6 is 0 Å². The largest absolute Gasteiger partial charge is 0.463 e. The molecular weight excluding hydrogens is 568 g/mol. The normalized spacial score (nSPS) is 11.8. The van der Waals surface area contributed by atoms with Gasteiger partial charge in [-0.25, -0.2) is 0 Å². The zero-order chi connectivity index (χ0) is 31.5. The highest BCUT2D eigenvalue weighted by atomic mass is 28.4. The van der Waals surface area contributed by atoms with Crippen LogP contribution < -0.4 is 0 Å². The highest BCUT2D eigenvalue weighted by Crippen LogP contribution is 2.13. The molecule has 0 amide bonds. The van der Waals surface area contributed by atoms with Crippen LogP contribution in [0.3, 0.4) is 0 Å². The topological polar surface area (TPSA) is 90.9 Å². The maximum Gasteiger partial charge on any atom is 0.305 e. The Morgan fingerprint density at radius 2 is 0.721 bits per heavy atom. The lowest BCUT2D eigenvalue weighted by molar-refractivity contribution is -0.145. The van der Waals surface area contributed by atoms with Crippen molar-refractivity contribution in [3.05, 3.63) is 0 Å². The molecule has 0 N–H and O–H groups in total. The molecular formula is C33H68O9Si. The third-order valence-electron chi connectivity index (χ3n) is 6.60. The van der Waals surface area contributed by atoms with Crippen molar-refractivity contribution >= 4 is 14.3 Å². The smallest absolute Gasteiger partial charge is 0.305 e. The highest BCUT2D eigenvalue weighted by molar-refractivity contribution is 6.69. The Hall–Kier alpha value is -0.593. The molecule has 0 aromatic rings. The molecule has 0 saturated heterocycles. The van der Waals surface area contributed by atoms with Gasteiger partial charge in [0.15, 0.2) is 8.32 Å². The monoisotopic (exact) mass is 636 g/mol. The van der Waals surface area contributed by atoms with E-state index >= 15 is 0 Å². The van der Waals surface area contributed by atoms with Gasteiger partial charge >= 0.3 is 5.97 Å². The standard InChI is InChI=1S/C33H68O9Si/c1-5-6-7-8-9-10-11-12-13-14-15-16-17-18-33(34)41-31-29-39-27-25-37-23-21-35-19-20-36-22-24-38-26-28-40-30-32-42-43(2,3)4/h5-32H2,1-4H3. The molecule has 0 aromatic heterocycles. The zero-order valence-corrected chi connectivity index (χ0v) is 29.5. The van der Waals surface area contributed by atoms with Crippen molar-refractivity contribution < 1.29 is 42.4 Å². The summed E-state index contributed by atoms with van der Waals surface area (Å²) < 4.78 is 43.8. The van der Waals surface area contributed by atoms with Crippen LogP contribution in [0, 0.1) is 0 Å². The van der Waals surface area contributed by atoms with E-state index in [2.05, 4.69) is 26.6 Å². The summed E-state index contributed by atoms with van der Waals surface area (Å²) in [6, 6.07) is 0. The van der Waals surface area contributed by atoms with Crippen LogP contribution in [-0.4, -0.2) is 107 Å². The van der Waals surface area contributed by atoms with Gasteiger partial charge in [-0.2, -0.15) is 0 Å². The Balaban J connectivity index is 3.15. The Morgan fingerprint density at radius 3 is 1.07 bits per heavy atom. The Bertz CT molecular complexity index is 561. The van der Waals surface area contributed by atoms with Gasteiger partial charge in [0.2, 0.25) is 0 Å². The molecule has 9 nitrogen and oxygen atoms in total. The molecule has 0 rings (SSSR count). The average Bonchev–Trinajstić information content (AvgIpc) is 2.97. The number of unbranched alkanes of at least 4 members (excludes halogenated alkanes) is 12. The fraction of sp³-hybridized carbons (Fsp3) is 0.970. The lowest BCUT2D eigenvalue weighted by Crippen LogP contribution is -2.27. The summed E-state index contributed by atoms with van der Waals surface area (Å²) in [5, 5.41) is 0. The number of hydrogen-bond acceptors (Lipinski definition) is 9. The Labute approximate surface area is 265 Å². The number of ether oxygens (including phenoxy) is 7. The third kappa shape index (κ3) is 39.4. The minimum atomic E-state index is -1.45. The van der Waals surface area contributed by atoms with Crippen LogP contribution in [0.5, 0.6) is 0 Å². The highest BCUT2D eigenvalue weighted by Gasteiger charge is 2.13. The molecule has 0 aliphatic rings. The van der Waals surface area contributed by atoms with Gasteiger partial charge in [0.25, 0.3) is 0 Å². The van der Waals surface area contributed by atoms with Gasteiger partial charge in [-0.3, -0.25) is 4.79 Å². The van der Waals surface area contributed by atoms with Crippen molar-refractivity contribution in [1.82, 2.24) is 0 Å². The summed E-state index contributed by atoms with van der Waals surface area (Å²) in [5.41, 5.74) is 0. The maximum atomic E-state index is 11.8. The second-order valence-electron chi connectivity index (χ2n) is 11.8. The minimum absolute atomic E-state index is 0.124. The first kappa shape index (κ1) is 42.4. The summed E-state index contributed by atoms with van der Waals surface area (Å²) in [6.07, 6.45) is 17.4. The zero-order valence-electron chi connectivity index (χ0n) is 28.5. The van der Waals surface area contributed by atoms with Gasteiger partial charge in [0, 0.05) is 6.42 Å². The molecule has 0 aromatic carbocycles. The molecule has 0 fully saturated rings. The molecule has 0 saturated carbocycles. The van der Waals surface area contributed by atoms with Crippen molar-refractivity contribution in [3.8, 4) is 0 Å². The van der Waals surface area contributed by atoms with Gasteiger partial charge in [0.05, 0.1) is 85.9 Å². The fourth-order valence-corrected chi connectivity index (χ4v) is 4.88. The van der Waals surface area contributed by atoms with E-state index in [1.165, 1.54) is 70.6 Å². The molecule has 0 aliphatic heterocycles. The van der Waals surface area contributed by atoms with E-state index in [9.17, 15) is 4.79 Å². The minimum Gasteiger partial charge on any atom is -0.463 e. The van der Waals surface area contributed by atoms with E-state index in [0.29, 0.717) is 98.9 Å².